The molecule has 0 aliphatic carbocycles. The lowest BCUT2D eigenvalue weighted by Gasteiger charge is -2.12. The zero-order valence-corrected chi connectivity index (χ0v) is 13.8. The highest BCUT2D eigenvalue weighted by atomic mass is 79.9. The van der Waals surface area contributed by atoms with Gasteiger partial charge in [-0.3, -0.25) is 4.79 Å². The Morgan fingerprint density at radius 3 is 2.56 bits per heavy atom. The van der Waals surface area contributed by atoms with Crippen molar-refractivity contribution in [1.82, 2.24) is 0 Å². The summed E-state index contributed by atoms with van der Waals surface area (Å²) in [4.78, 5) is 11.1. The monoisotopic (exact) mass is 374 g/mol. The second kappa shape index (κ2) is 7.10. The Balaban J connectivity index is 3.33. The third kappa shape index (κ3) is 3.95. The van der Waals surface area contributed by atoms with Crippen molar-refractivity contribution in [2.45, 2.75) is 20.8 Å². The van der Waals surface area contributed by atoms with Gasteiger partial charge in [0.25, 0.3) is 0 Å². The molecular formula is C14H16Br2O2. The van der Waals surface area contributed by atoms with E-state index in [1.807, 2.05) is 39.0 Å². The molecule has 0 bridgehead atoms. The van der Waals surface area contributed by atoms with Crippen LogP contribution in [0.3, 0.4) is 0 Å². The highest BCUT2D eigenvalue weighted by molar-refractivity contribution is 9.11. The number of carbonyl (C=O) groups is 1. The van der Waals surface area contributed by atoms with Crippen LogP contribution < -0.4 is 4.74 Å². The predicted molar refractivity (Wildman–Crippen MR) is 81.9 cm³/mol. The van der Waals surface area contributed by atoms with Gasteiger partial charge < -0.3 is 4.74 Å². The van der Waals surface area contributed by atoms with Gasteiger partial charge in [-0.25, -0.2) is 0 Å². The number of hydrogen-bond donors (Lipinski definition) is 0. The number of hydrogen-bond acceptors (Lipinski definition) is 2. The lowest BCUT2D eigenvalue weighted by Crippen LogP contribution is -1.98. The maximum atomic E-state index is 11.1. The molecule has 0 spiro atoms. The van der Waals surface area contributed by atoms with Crippen molar-refractivity contribution in [3.63, 3.8) is 0 Å². The molecule has 98 valence electrons. The van der Waals surface area contributed by atoms with Crippen molar-refractivity contribution in [1.29, 1.82) is 0 Å². The SMILES string of the molecule is CCOc1c(Br)cc(Br)cc1C=C(C=O)C(C)C. The number of ether oxygens (including phenoxy) is 1. The Labute approximate surface area is 125 Å². The molecule has 0 fully saturated rings. The van der Waals surface area contributed by atoms with Gasteiger partial charge in [0.2, 0.25) is 0 Å². The summed E-state index contributed by atoms with van der Waals surface area (Å²) in [5, 5.41) is 0. The molecule has 0 radical (unpaired) electrons. The molecule has 4 heteroatoms. The van der Waals surface area contributed by atoms with Crippen LogP contribution in [0, 0.1) is 5.92 Å². The van der Waals surface area contributed by atoms with Crippen molar-refractivity contribution in [2.75, 3.05) is 6.61 Å². The molecule has 1 rings (SSSR count). The molecule has 1 aromatic carbocycles. The van der Waals surface area contributed by atoms with Crippen molar-refractivity contribution in [3.8, 4) is 5.75 Å². The molecule has 0 aliphatic rings. The fourth-order valence-corrected chi connectivity index (χ4v) is 2.87. The summed E-state index contributed by atoms with van der Waals surface area (Å²) in [6.45, 7) is 6.51. The van der Waals surface area contributed by atoms with E-state index in [0.717, 1.165) is 32.1 Å². The second-order valence-electron chi connectivity index (χ2n) is 4.16. The summed E-state index contributed by atoms with van der Waals surface area (Å²) in [5.41, 5.74) is 1.65. The smallest absolute Gasteiger partial charge is 0.146 e. The Morgan fingerprint density at radius 1 is 1.39 bits per heavy atom. The van der Waals surface area contributed by atoms with Crippen molar-refractivity contribution in [2.24, 2.45) is 5.92 Å². The lowest BCUT2D eigenvalue weighted by molar-refractivity contribution is -0.105. The summed E-state index contributed by atoms with van der Waals surface area (Å²) < 4.78 is 7.44. The third-order valence-corrected chi connectivity index (χ3v) is 3.50. The normalized spacial score (nSPS) is 11.8. The highest BCUT2D eigenvalue weighted by Crippen LogP contribution is 2.34. The van der Waals surface area contributed by atoms with E-state index in [1.165, 1.54) is 0 Å². The van der Waals surface area contributed by atoms with Gasteiger partial charge in [-0.1, -0.05) is 29.8 Å². The van der Waals surface area contributed by atoms with Gasteiger partial charge in [-0.2, -0.15) is 0 Å². The largest absolute Gasteiger partial charge is 0.492 e. The third-order valence-electron chi connectivity index (χ3n) is 2.45. The quantitative estimate of drug-likeness (QED) is 0.543. The van der Waals surface area contributed by atoms with Gasteiger partial charge in [-0.05, 0) is 52.6 Å². The summed E-state index contributed by atoms with van der Waals surface area (Å²) >= 11 is 6.92. The number of rotatable bonds is 5. The van der Waals surface area contributed by atoms with E-state index in [1.54, 1.807) is 0 Å². The number of carbonyl (C=O) groups excluding carboxylic acids is 1. The first-order chi connectivity index (χ1) is 8.49. The minimum atomic E-state index is 0.190. The van der Waals surface area contributed by atoms with Crippen LogP contribution in [-0.4, -0.2) is 12.9 Å². The van der Waals surface area contributed by atoms with Gasteiger partial charge in [-0.15, -0.1) is 0 Å². The van der Waals surface area contributed by atoms with Gasteiger partial charge >= 0.3 is 0 Å². The summed E-state index contributed by atoms with van der Waals surface area (Å²) in [6, 6.07) is 3.87. The zero-order valence-electron chi connectivity index (χ0n) is 10.7. The first-order valence-electron chi connectivity index (χ1n) is 5.78. The molecule has 0 atom stereocenters. The molecule has 0 heterocycles. The van der Waals surface area contributed by atoms with E-state index in [-0.39, 0.29) is 5.92 Å². The average molecular weight is 376 g/mol. The molecule has 18 heavy (non-hydrogen) atoms. The molecule has 0 saturated carbocycles. The summed E-state index contributed by atoms with van der Waals surface area (Å²) in [7, 11) is 0. The van der Waals surface area contributed by atoms with Gasteiger partial charge in [0, 0.05) is 10.0 Å². The average Bonchev–Trinajstić information content (AvgIpc) is 2.29. The van der Waals surface area contributed by atoms with E-state index in [4.69, 9.17) is 4.74 Å². The van der Waals surface area contributed by atoms with Crippen molar-refractivity contribution >= 4 is 44.2 Å². The van der Waals surface area contributed by atoms with Crippen LogP contribution in [0.1, 0.15) is 26.3 Å². The molecule has 2 nitrogen and oxygen atoms in total. The lowest BCUT2D eigenvalue weighted by atomic mass is 10.0. The molecule has 0 unspecified atom stereocenters. The Kier molecular flexibility index (Phi) is 6.09. The Bertz CT molecular complexity index is 465. The van der Waals surface area contributed by atoms with Crippen molar-refractivity contribution < 1.29 is 9.53 Å². The van der Waals surface area contributed by atoms with Gasteiger partial charge in [0.1, 0.15) is 12.0 Å². The number of benzene rings is 1. The number of allylic oxidation sites excluding steroid dienone is 1. The molecule has 0 N–H and O–H groups in total. The van der Waals surface area contributed by atoms with Gasteiger partial charge in [0.05, 0.1) is 11.1 Å². The second-order valence-corrected chi connectivity index (χ2v) is 5.93. The first-order valence-corrected chi connectivity index (χ1v) is 7.36. The number of aldehydes is 1. The van der Waals surface area contributed by atoms with E-state index in [2.05, 4.69) is 31.9 Å². The first kappa shape index (κ1) is 15.4. The molecule has 0 saturated heterocycles. The van der Waals surface area contributed by atoms with E-state index < -0.39 is 0 Å². The maximum absolute atomic E-state index is 11.1. The molecule has 0 amide bonds. The number of halogens is 2. The van der Waals surface area contributed by atoms with E-state index in [0.29, 0.717) is 6.61 Å². The minimum Gasteiger partial charge on any atom is -0.492 e. The predicted octanol–water partition coefficient (Wildman–Crippen LogP) is 4.85. The Hall–Kier alpha value is -0.610. The van der Waals surface area contributed by atoms with E-state index >= 15 is 0 Å². The Morgan fingerprint density at radius 2 is 2.06 bits per heavy atom. The topological polar surface area (TPSA) is 26.3 Å². The van der Waals surface area contributed by atoms with E-state index in [9.17, 15) is 4.79 Å². The van der Waals surface area contributed by atoms with Crippen LogP contribution in [-0.2, 0) is 4.79 Å². The highest BCUT2D eigenvalue weighted by Gasteiger charge is 2.10. The van der Waals surface area contributed by atoms with Crippen LogP contribution in [0.15, 0.2) is 26.7 Å². The van der Waals surface area contributed by atoms with Crippen LogP contribution in [0.4, 0.5) is 0 Å². The fraction of sp³-hybridized carbons (Fsp3) is 0.357. The van der Waals surface area contributed by atoms with Gasteiger partial charge in [0.15, 0.2) is 0 Å². The molecule has 1 aromatic rings. The fourth-order valence-electron chi connectivity index (χ4n) is 1.50. The molecular weight excluding hydrogens is 360 g/mol. The summed E-state index contributed by atoms with van der Waals surface area (Å²) in [6.07, 6.45) is 2.77. The van der Waals surface area contributed by atoms with Crippen LogP contribution in [0.2, 0.25) is 0 Å². The zero-order chi connectivity index (χ0) is 13.7. The van der Waals surface area contributed by atoms with Crippen LogP contribution >= 0.6 is 31.9 Å². The molecule has 0 aliphatic heterocycles. The van der Waals surface area contributed by atoms with Crippen molar-refractivity contribution in [3.05, 3.63) is 32.2 Å². The van der Waals surface area contributed by atoms with Crippen LogP contribution in [0.5, 0.6) is 5.75 Å². The molecule has 0 aromatic heterocycles. The summed E-state index contributed by atoms with van der Waals surface area (Å²) in [5.74, 6) is 0.954. The minimum absolute atomic E-state index is 0.190. The maximum Gasteiger partial charge on any atom is 0.146 e. The standard InChI is InChI=1S/C14H16Br2O2/c1-4-18-14-10(5-11(8-17)9(2)3)6-12(15)7-13(14)16/h5-9H,4H2,1-3H3. The van der Waals surface area contributed by atoms with Crippen LogP contribution in [0.25, 0.3) is 6.08 Å².